The van der Waals surface area contributed by atoms with E-state index in [2.05, 4.69) is 49.5 Å². The van der Waals surface area contributed by atoms with Crippen LogP contribution >= 0.6 is 11.8 Å². The predicted molar refractivity (Wildman–Crippen MR) is 130 cm³/mol. The van der Waals surface area contributed by atoms with Crippen molar-refractivity contribution >= 4 is 17.7 Å². The van der Waals surface area contributed by atoms with E-state index in [1.165, 1.54) is 21.6 Å². The first-order valence-electron chi connectivity index (χ1n) is 10.9. The lowest BCUT2D eigenvalue weighted by atomic mass is 10.1. The monoisotopic (exact) mass is 433 g/mol. The summed E-state index contributed by atoms with van der Waals surface area (Å²) >= 11 is 1.81. The number of carbonyl (C=O) groups is 1. The molecule has 1 N–H and O–H groups in total. The Kier molecular flexibility index (Phi) is 9.04. The fraction of sp³-hybridized carbons (Fsp3) is 0.296. The van der Waals surface area contributed by atoms with Crippen molar-refractivity contribution in [1.82, 2.24) is 5.32 Å². The highest BCUT2D eigenvalue weighted by Gasteiger charge is 2.07. The average molecular weight is 434 g/mol. The van der Waals surface area contributed by atoms with Crippen LogP contribution < -0.4 is 10.1 Å². The van der Waals surface area contributed by atoms with Crippen molar-refractivity contribution in [2.45, 2.75) is 43.8 Å². The second kappa shape index (κ2) is 12.2. The van der Waals surface area contributed by atoms with Crippen LogP contribution in [0, 0.1) is 6.92 Å². The molecule has 3 aromatic rings. The van der Waals surface area contributed by atoms with Crippen molar-refractivity contribution < 1.29 is 9.53 Å². The van der Waals surface area contributed by atoms with Gasteiger partial charge in [-0.05, 0) is 67.6 Å². The van der Waals surface area contributed by atoms with Crippen molar-refractivity contribution in [1.29, 1.82) is 0 Å². The first kappa shape index (κ1) is 23.0. The van der Waals surface area contributed by atoms with E-state index < -0.39 is 0 Å². The van der Waals surface area contributed by atoms with Crippen molar-refractivity contribution in [3.63, 3.8) is 0 Å². The van der Waals surface area contributed by atoms with Gasteiger partial charge in [0.25, 0.3) is 5.91 Å². The number of hydrogen-bond donors (Lipinski definition) is 1. The summed E-state index contributed by atoms with van der Waals surface area (Å²) in [6, 6.07) is 24.6. The summed E-state index contributed by atoms with van der Waals surface area (Å²) < 4.78 is 5.81. The van der Waals surface area contributed by atoms with E-state index in [1.807, 2.05) is 42.5 Å². The molecule has 3 aromatic carbocycles. The number of benzene rings is 3. The maximum atomic E-state index is 12.4. The van der Waals surface area contributed by atoms with E-state index >= 15 is 0 Å². The zero-order valence-electron chi connectivity index (χ0n) is 18.4. The van der Waals surface area contributed by atoms with Gasteiger partial charge in [0.05, 0.1) is 6.61 Å². The molecular formula is C27H31NO2S. The molecule has 0 unspecified atom stereocenters. The minimum absolute atomic E-state index is 0.0201. The summed E-state index contributed by atoms with van der Waals surface area (Å²) in [7, 11) is 0. The fourth-order valence-corrected chi connectivity index (χ4v) is 4.05. The zero-order chi connectivity index (χ0) is 21.9. The van der Waals surface area contributed by atoms with Crippen molar-refractivity contribution in [2.75, 3.05) is 13.2 Å². The van der Waals surface area contributed by atoms with Crippen LogP contribution in [0.3, 0.4) is 0 Å². The molecule has 3 rings (SSSR count). The summed E-state index contributed by atoms with van der Waals surface area (Å²) in [5.41, 5.74) is 4.39. The van der Waals surface area contributed by atoms with E-state index in [-0.39, 0.29) is 5.91 Å². The Morgan fingerprint density at radius 2 is 1.71 bits per heavy atom. The van der Waals surface area contributed by atoms with Crippen LogP contribution in [0.4, 0.5) is 0 Å². The molecule has 1 amide bonds. The number of aryl methyl sites for hydroxylation is 2. The molecule has 3 nitrogen and oxygen atoms in total. The Hall–Kier alpha value is -2.72. The third kappa shape index (κ3) is 7.48. The molecule has 0 saturated heterocycles. The van der Waals surface area contributed by atoms with Crippen molar-refractivity contribution in [2.24, 2.45) is 0 Å². The SMILES string of the molecule is CCCOc1ccccc1CCCNC(=O)c1ccc(CSc2ccc(C)cc2)cc1. The van der Waals surface area contributed by atoms with Gasteiger partial charge in [0.2, 0.25) is 0 Å². The molecule has 0 heterocycles. The molecule has 4 heteroatoms. The van der Waals surface area contributed by atoms with Gasteiger partial charge in [-0.1, -0.05) is 55.0 Å². The fourth-order valence-electron chi connectivity index (χ4n) is 3.20. The number of ether oxygens (including phenoxy) is 1. The minimum atomic E-state index is -0.0201. The quantitative estimate of drug-likeness (QED) is 0.279. The molecule has 0 saturated carbocycles. The highest BCUT2D eigenvalue weighted by atomic mass is 32.2. The van der Waals surface area contributed by atoms with Crippen molar-refractivity contribution in [3.8, 4) is 5.75 Å². The number of amides is 1. The highest BCUT2D eigenvalue weighted by Crippen LogP contribution is 2.23. The number of carbonyl (C=O) groups excluding carboxylic acids is 1. The van der Waals surface area contributed by atoms with Gasteiger partial charge in [0.15, 0.2) is 0 Å². The number of hydrogen-bond acceptors (Lipinski definition) is 3. The lowest BCUT2D eigenvalue weighted by Crippen LogP contribution is -2.24. The number of thioether (sulfide) groups is 1. The minimum Gasteiger partial charge on any atom is -0.493 e. The van der Waals surface area contributed by atoms with Crippen LogP contribution in [0.1, 0.15) is 46.8 Å². The van der Waals surface area contributed by atoms with Gasteiger partial charge in [-0.15, -0.1) is 11.8 Å². The topological polar surface area (TPSA) is 38.3 Å². The molecule has 0 bridgehead atoms. The first-order chi connectivity index (χ1) is 15.2. The van der Waals surface area contributed by atoms with Gasteiger partial charge in [-0.2, -0.15) is 0 Å². The Bertz CT molecular complexity index is 952. The molecule has 0 aliphatic heterocycles. The number of nitrogens with one attached hydrogen (secondary N) is 1. The maximum Gasteiger partial charge on any atom is 0.251 e. The zero-order valence-corrected chi connectivity index (χ0v) is 19.2. The normalized spacial score (nSPS) is 10.6. The van der Waals surface area contributed by atoms with Crippen LogP contribution in [-0.4, -0.2) is 19.1 Å². The molecular weight excluding hydrogens is 402 g/mol. The Morgan fingerprint density at radius 1 is 0.968 bits per heavy atom. The summed E-state index contributed by atoms with van der Waals surface area (Å²) in [4.78, 5) is 13.7. The van der Waals surface area contributed by atoms with Gasteiger partial charge in [0, 0.05) is 22.8 Å². The summed E-state index contributed by atoms with van der Waals surface area (Å²) in [5.74, 6) is 1.83. The van der Waals surface area contributed by atoms with E-state index in [9.17, 15) is 4.79 Å². The Labute approximate surface area is 190 Å². The van der Waals surface area contributed by atoms with Gasteiger partial charge in [-0.3, -0.25) is 4.79 Å². The van der Waals surface area contributed by atoms with Gasteiger partial charge < -0.3 is 10.1 Å². The first-order valence-corrected chi connectivity index (χ1v) is 11.9. The Morgan fingerprint density at radius 3 is 2.45 bits per heavy atom. The highest BCUT2D eigenvalue weighted by molar-refractivity contribution is 7.98. The molecule has 0 spiro atoms. The smallest absolute Gasteiger partial charge is 0.251 e. The molecule has 0 aliphatic carbocycles. The summed E-state index contributed by atoms with van der Waals surface area (Å²) in [6.45, 7) is 5.58. The molecule has 31 heavy (non-hydrogen) atoms. The van der Waals surface area contributed by atoms with Crippen LogP contribution in [0.2, 0.25) is 0 Å². The largest absolute Gasteiger partial charge is 0.493 e. The third-order valence-electron chi connectivity index (χ3n) is 4.99. The van der Waals surface area contributed by atoms with E-state index in [0.717, 1.165) is 37.4 Å². The van der Waals surface area contributed by atoms with Gasteiger partial charge in [0.1, 0.15) is 5.75 Å². The average Bonchev–Trinajstić information content (AvgIpc) is 2.81. The molecule has 0 radical (unpaired) electrons. The second-order valence-corrected chi connectivity index (χ2v) is 8.66. The molecule has 0 fully saturated rings. The lowest BCUT2D eigenvalue weighted by Gasteiger charge is -2.11. The molecule has 0 aromatic heterocycles. The Balaban J connectivity index is 1.42. The van der Waals surface area contributed by atoms with E-state index in [1.54, 1.807) is 11.8 Å². The van der Waals surface area contributed by atoms with E-state index in [0.29, 0.717) is 12.1 Å². The van der Waals surface area contributed by atoms with Gasteiger partial charge >= 0.3 is 0 Å². The maximum absolute atomic E-state index is 12.4. The molecule has 0 aliphatic rings. The van der Waals surface area contributed by atoms with Crippen LogP contribution in [0.25, 0.3) is 0 Å². The predicted octanol–water partition coefficient (Wildman–Crippen LogP) is 6.44. The number of para-hydroxylation sites is 1. The molecule has 162 valence electrons. The lowest BCUT2D eigenvalue weighted by molar-refractivity contribution is 0.0953. The molecule has 0 atom stereocenters. The third-order valence-corrected chi connectivity index (χ3v) is 6.07. The van der Waals surface area contributed by atoms with Gasteiger partial charge in [-0.25, -0.2) is 0 Å². The van der Waals surface area contributed by atoms with Crippen LogP contribution in [0.5, 0.6) is 5.75 Å². The van der Waals surface area contributed by atoms with Crippen LogP contribution in [0.15, 0.2) is 77.7 Å². The standard InChI is InChI=1S/C27H31NO2S/c1-3-19-30-26-9-5-4-7-23(26)8-6-18-28-27(29)24-14-12-22(13-15-24)20-31-25-16-10-21(2)11-17-25/h4-5,7,9-17H,3,6,8,18-20H2,1-2H3,(H,28,29). The van der Waals surface area contributed by atoms with E-state index in [4.69, 9.17) is 4.74 Å². The summed E-state index contributed by atoms with van der Waals surface area (Å²) in [5, 5.41) is 3.03. The second-order valence-electron chi connectivity index (χ2n) is 7.61. The number of rotatable bonds is 11. The van der Waals surface area contributed by atoms with Crippen molar-refractivity contribution in [3.05, 3.63) is 95.1 Å². The summed E-state index contributed by atoms with van der Waals surface area (Å²) in [6.07, 6.45) is 2.76. The van der Waals surface area contributed by atoms with Crippen LogP contribution in [-0.2, 0) is 12.2 Å².